The lowest BCUT2D eigenvalue weighted by Gasteiger charge is -2.30. The van der Waals surface area contributed by atoms with E-state index in [1.807, 2.05) is 25.1 Å². The van der Waals surface area contributed by atoms with E-state index in [2.05, 4.69) is 15.0 Å². The molecule has 1 aliphatic rings. The van der Waals surface area contributed by atoms with Crippen LogP contribution in [0.15, 0.2) is 48.8 Å². The smallest absolute Gasteiger partial charge is 0.411 e. The molecule has 0 aliphatic carbocycles. The summed E-state index contributed by atoms with van der Waals surface area (Å²) in [5.41, 5.74) is 4.56. The Labute approximate surface area is 237 Å². The third kappa shape index (κ3) is 5.06. The number of ether oxygens (including phenoxy) is 3. The second-order valence-corrected chi connectivity index (χ2v) is 10.4. The largest absolute Gasteiger partial charge is 0.484 e. The van der Waals surface area contributed by atoms with Gasteiger partial charge in [-0.15, -0.1) is 11.3 Å². The highest BCUT2D eigenvalue weighted by Gasteiger charge is 2.29. The van der Waals surface area contributed by atoms with Crippen LogP contribution < -0.4 is 19.1 Å². The molecule has 0 spiro atoms. The van der Waals surface area contributed by atoms with Crippen molar-refractivity contribution < 1.29 is 34.3 Å². The number of rotatable bonds is 7. The summed E-state index contributed by atoms with van der Waals surface area (Å²) in [4.78, 5) is 31.1. The molecule has 12 nitrogen and oxygen atoms in total. The van der Waals surface area contributed by atoms with Gasteiger partial charge in [-0.1, -0.05) is 0 Å². The summed E-state index contributed by atoms with van der Waals surface area (Å²) in [7, 11) is 1.55. The predicted octanol–water partition coefficient (Wildman–Crippen LogP) is 3.97. The summed E-state index contributed by atoms with van der Waals surface area (Å²) in [6.45, 7) is 1.61. The van der Waals surface area contributed by atoms with Crippen LogP contribution in [0.5, 0.6) is 17.4 Å². The van der Waals surface area contributed by atoms with Crippen LogP contribution in [0.25, 0.3) is 31.8 Å². The second-order valence-electron chi connectivity index (χ2n) is 9.44. The van der Waals surface area contributed by atoms with Crippen molar-refractivity contribution in [3.05, 3.63) is 60.0 Å². The number of hydrogen-bond donors (Lipinski definition) is 3. The molecule has 41 heavy (non-hydrogen) atoms. The molecule has 0 saturated heterocycles. The number of fused-ring (bicyclic) bond motifs is 4. The van der Waals surface area contributed by atoms with Gasteiger partial charge in [0, 0.05) is 5.56 Å². The van der Waals surface area contributed by atoms with Crippen molar-refractivity contribution in [3.8, 4) is 28.0 Å². The first-order valence-corrected chi connectivity index (χ1v) is 13.5. The molecule has 4 heterocycles. The Hall–Kier alpha value is -4.59. The molecule has 2 atom stereocenters. The number of methoxy groups -OCH3 is 1. The maximum absolute atomic E-state index is 12.0. The van der Waals surface area contributed by atoms with Gasteiger partial charge in [0.25, 0.3) is 0 Å². The Bertz CT molecular complexity index is 1760. The molecule has 0 unspecified atom stereocenters. The van der Waals surface area contributed by atoms with Gasteiger partial charge in [-0.2, -0.15) is 0 Å². The zero-order valence-electron chi connectivity index (χ0n) is 22.0. The minimum absolute atomic E-state index is 0.0122. The van der Waals surface area contributed by atoms with Crippen LogP contribution in [-0.4, -0.2) is 74.3 Å². The normalized spacial score (nSPS) is 15.2. The molecule has 1 amide bonds. The number of thiazole rings is 1. The van der Waals surface area contributed by atoms with Gasteiger partial charge in [0.05, 0.1) is 60.6 Å². The van der Waals surface area contributed by atoms with Crippen LogP contribution >= 0.6 is 11.3 Å². The summed E-state index contributed by atoms with van der Waals surface area (Å²) in [6.07, 6.45) is -0.00401. The third-order valence-electron chi connectivity index (χ3n) is 6.61. The number of carboxylic acid groups (broad SMARTS) is 1. The monoisotopic (exact) mass is 575 g/mol. The fourth-order valence-electron chi connectivity index (χ4n) is 4.63. The van der Waals surface area contributed by atoms with Crippen LogP contribution in [0.3, 0.4) is 0 Å². The number of aliphatic hydroxyl groups excluding tert-OH is 2. The van der Waals surface area contributed by atoms with E-state index in [1.165, 1.54) is 29.7 Å². The fourth-order valence-corrected chi connectivity index (χ4v) is 5.70. The summed E-state index contributed by atoms with van der Waals surface area (Å²) >= 11 is 1.45. The Morgan fingerprint density at radius 2 is 2.02 bits per heavy atom. The zero-order chi connectivity index (χ0) is 28.7. The summed E-state index contributed by atoms with van der Waals surface area (Å²) < 4.78 is 18.3. The molecule has 6 rings (SSSR count). The van der Waals surface area contributed by atoms with Gasteiger partial charge in [-0.3, -0.25) is 9.88 Å². The Balaban J connectivity index is 1.27. The zero-order valence-corrected chi connectivity index (χ0v) is 22.8. The molecule has 3 N–H and O–H groups in total. The minimum atomic E-state index is -1.19. The molecular weight excluding hydrogens is 550 g/mol. The Morgan fingerprint density at radius 1 is 1.17 bits per heavy atom. The van der Waals surface area contributed by atoms with E-state index in [-0.39, 0.29) is 18.8 Å². The van der Waals surface area contributed by atoms with E-state index in [0.29, 0.717) is 34.1 Å². The van der Waals surface area contributed by atoms with E-state index in [1.54, 1.807) is 19.4 Å². The van der Waals surface area contributed by atoms with Crippen molar-refractivity contribution in [3.63, 3.8) is 0 Å². The van der Waals surface area contributed by atoms with Crippen molar-refractivity contribution in [2.75, 3.05) is 31.8 Å². The van der Waals surface area contributed by atoms with E-state index < -0.39 is 24.9 Å². The van der Waals surface area contributed by atoms with Gasteiger partial charge in [-0.25, -0.2) is 19.7 Å². The van der Waals surface area contributed by atoms with E-state index in [0.717, 1.165) is 31.3 Å². The maximum Gasteiger partial charge on any atom is 0.411 e. The summed E-state index contributed by atoms with van der Waals surface area (Å²) in [5, 5.41) is 29.5. The van der Waals surface area contributed by atoms with Crippen LogP contribution in [0, 0.1) is 6.92 Å². The van der Waals surface area contributed by atoms with Gasteiger partial charge in [0.15, 0.2) is 17.6 Å². The van der Waals surface area contributed by atoms with Gasteiger partial charge >= 0.3 is 6.09 Å². The maximum atomic E-state index is 12.0. The van der Waals surface area contributed by atoms with Gasteiger partial charge < -0.3 is 29.5 Å². The Kier molecular flexibility index (Phi) is 6.99. The molecule has 3 aromatic heterocycles. The molecule has 0 fully saturated rings. The number of aryl methyl sites for hydroxylation is 1. The third-order valence-corrected chi connectivity index (χ3v) is 7.71. The van der Waals surface area contributed by atoms with Crippen LogP contribution in [-0.2, 0) is 0 Å². The molecular formula is C28H25N5O7S. The molecule has 0 radical (unpaired) electrons. The number of anilines is 1. The molecule has 0 saturated carbocycles. The molecule has 2 aromatic carbocycles. The number of carbonyl (C=O) groups is 1. The first kappa shape index (κ1) is 26.6. The first-order valence-electron chi connectivity index (χ1n) is 12.6. The van der Waals surface area contributed by atoms with Crippen molar-refractivity contribution in [1.82, 2.24) is 19.9 Å². The number of aliphatic hydroxyl groups is 2. The predicted molar refractivity (Wildman–Crippen MR) is 151 cm³/mol. The van der Waals surface area contributed by atoms with Gasteiger partial charge in [0.1, 0.15) is 22.4 Å². The highest BCUT2D eigenvalue weighted by Crippen LogP contribution is 2.44. The van der Waals surface area contributed by atoms with E-state index in [4.69, 9.17) is 24.3 Å². The number of amides is 1. The lowest BCUT2D eigenvalue weighted by molar-refractivity contribution is 0.0922. The van der Waals surface area contributed by atoms with Crippen LogP contribution in [0.2, 0.25) is 0 Å². The highest BCUT2D eigenvalue weighted by atomic mass is 32.1. The highest BCUT2D eigenvalue weighted by molar-refractivity contribution is 7.22. The average molecular weight is 576 g/mol. The topological polar surface area (TPSA) is 160 Å². The minimum Gasteiger partial charge on any atom is -0.484 e. The number of nitrogens with zero attached hydrogens (tertiary/aromatic N) is 5. The van der Waals surface area contributed by atoms with Crippen molar-refractivity contribution in [1.29, 1.82) is 0 Å². The number of pyridine rings is 1. The molecule has 5 aromatic rings. The van der Waals surface area contributed by atoms with Crippen LogP contribution in [0.4, 0.5) is 10.5 Å². The van der Waals surface area contributed by atoms with Crippen molar-refractivity contribution in [2.24, 2.45) is 0 Å². The molecule has 0 bridgehead atoms. The standard InChI is InChI=1S/C28H25N5O7S/c1-14-7-17(24-20(8-14)31-23(38-2)10-30-24)27-32-19-5-6-22-25(26(19)41-27)39-13-16(40-22)11-33(28(36)37)15-3-4-18(29-9-15)21(35)12-34/h3-10,16,21,34-35H,11-13H2,1-2H3,(H,36,37)/t16-,21-/m1/s1. The first-order chi connectivity index (χ1) is 19.8. The average Bonchev–Trinajstić information content (AvgIpc) is 3.43. The molecule has 1 aliphatic heterocycles. The number of aromatic nitrogens is 4. The van der Waals surface area contributed by atoms with E-state index >= 15 is 0 Å². The lowest BCUT2D eigenvalue weighted by atomic mass is 10.1. The second kappa shape index (κ2) is 10.8. The fraction of sp³-hybridized carbons (Fsp3) is 0.250. The van der Waals surface area contributed by atoms with Crippen molar-refractivity contribution >= 4 is 44.4 Å². The van der Waals surface area contributed by atoms with Crippen LogP contribution in [0.1, 0.15) is 17.4 Å². The Morgan fingerprint density at radius 3 is 2.76 bits per heavy atom. The molecule has 210 valence electrons. The SMILES string of the molecule is COc1cnc2c(-c3nc4ccc5c(c4s3)OC[C@@H](CN(C(=O)O)c3ccc([C@H](O)CO)nc3)O5)cc(C)cc2n1. The number of hydrogen-bond acceptors (Lipinski definition) is 11. The lowest BCUT2D eigenvalue weighted by Crippen LogP contribution is -2.43. The van der Waals surface area contributed by atoms with Gasteiger partial charge in [0.2, 0.25) is 5.88 Å². The van der Waals surface area contributed by atoms with Gasteiger partial charge in [-0.05, 0) is 48.9 Å². The van der Waals surface area contributed by atoms with E-state index in [9.17, 15) is 15.0 Å². The molecule has 13 heteroatoms. The van der Waals surface area contributed by atoms with Crippen molar-refractivity contribution in [2.45, 2.75) is 19.1 Å². The summed E-state index contributed by atoms with van der Waals surface area (Å²) in [6, 6.07) is 10.6. The number of benzene rings is 2. The quantitative estimate of drug-likeness (QED) is 0.258. The summed E-state index contributed by atoms with van der Waals surface area (Å²) in [5.74, 6) is 1.48.